The highest BCUT2D eigenvalue weighted by atomic mass is 16.5. The average molecular weight is 367 g/mol. The molecule has 1 aromatic heterocycles. The number of nitrogens with one attached hydrogen (secondary N) is 1. The highest BCUT2D eigenvalue weighted by Crippen LogP contribution is 2.37. The largest absolute Gasteiger partial charge is 0.493 e. The third-order valence-corrected chi connectivity index (χ3v) is 4.51. The Bertz CT molecular complexity index is 1020. The minimum atomic E-state index is -0.599. The van der Waals surface area contributed by atoms with Gasteiger partial charge in [-0.15, -0.1) is 0 Å². The number of methoxy groups -OCH3 is 2. The number of ether oxygens (including phenoxy) is 2. The number of benzene rings is 2. The third-order valence-electron chi connectivity index (χ3n) is 4.51. The van der Waals surface area contributed by atoms with Crippen molar-refractivity contribution in [2.24, 2.45) is 5.73 Å². The molecule has 0 aliphatic carbocycles. The molecule has 1 amide bonds. The van der Waals surface area contributed by atoms with Gasteiger partial charge < -0.3 is 25.6 Å². The number of rotatable bonds is 6. The molecule has 3 rings (SSSR count). The summed E-state index contributed by atoms with van der Waals surface area (Å²) in [5, 5.41) is 13.5. The van der Waals surface area contributed by atoms with E-state index in [4.69, 9.17) is 15.2 Å². The number of hydrogen-bond donors (Lipinski definition) is 3. The maximum Gasteiger partial charge on any atom is 0.252 e. The first-order valence-electron chi connectivity index (χ1n) is 8.31. The smallest absolute Gasteiger partial charge is 0.252 e. The fraction of sp³-hybridized carbons (Fsp3) is 0.200. The van der Waals surface area contributed by atoms with Gasteiger partial charge in [0.25, 0.3) is 5.91 Å². The molecule has 0 aliphatic heterocycles. The van der Waals surface area contributed by atoms with E-state index >= 15 is 0 Å². The van der Waals surface area contributed by atoms with E-state index < -0.39 is 5.91 Å². The first-order chi connectivity index (χ1) is 13.0. The molecule has 0 fully saturated rings. The summed E-state index contributed by atoms with van der Waals surface area (Å²) >= 11 is 0. The predicted octanol–water partition coefficient (Wildman–Crippen LogP) is 2.90. The first kappa shape index (κ1) is 18.5. The molecule has 0 aliphatic rings. The number of anilines is 2. The molecule has 0 atom stereocenters. The summed E-state index contributed by atoms with van der Waals surface area (Å²) in [5.74, 6) is 0.448. The number of aliphatic hydroxyl groups is 1. The quantitative estimate of drug-likeness (QED) is 0.618. The van der Waals surface area contributed by atoms with Crippen LogP contribution >= 0.6 is 0 Å². The minimum absolute atomic E-state index is 0.0772. The SMILES string of the molecule is COc1cc2ncc(C(N)=O)c(Nc3cccc(CO)c3C)c2cc1OC. The standard InChI is InChI=1S/C20H21N3O4/c1-11-12(10-24)5-4-6-15(11)23-19-13-7-17(26-2)18(27-3)8-16(13)22-9-14(19)20(21)25/h4-9,24H,10H2,1-3H3,(H2,21,25)(H,22,23). The van der Waals surface area contributed by atoms with Crippen LogP contribution in [0.3, 0.4) is 0 Å². The van der Waals surface area contributed by atoms with Crippen molar-refractivity contribution in [2.45, 2.75) is 13.5 Å². The molecule has 0 bridgehead atoms. The number of carbonyl (C=O) groups is 1. The van der Waals surface area contributed by atoms with Crippen molar-refractivity contribution in [1.82, 2.24) is 4.98 Å². The summed E-state index contributed by atoms with van der Waals surface area (Å²) in [7, 11) is 3.08. The van der Waals surface area contributed by atoms with Crippen molar-refractivity contribution < 1.29 is 19.4 Å². The molecule has 1 heterocycles. The number of primary amides is 1. The fourth-order valence-corrected chi connectivity index (χ4v) is 2.97. The zero-order chi connectivity index (χ0) is 19.6. The Morgan fingerprint density at radius 1 is 1.22 bits per heavy atom. The summed E-state index contributed by atoms with van der Waals surface area (Å²) < 4.78 is 10.7. The van der Waals surface area contributed by atoms with Crippen LogP contribution in [0.4, 0.5) is 11.4 Å². The van der Waals surface area contributed by atoms with Gasteiger partial charge in [-0.1, -0.05) is 12.1 Å². The molecular formula is C20H21N3O4. The number of hydrogen-bond acceptors (Lipinski definition) is 6. The Kier molecular flexibility index (Phi) is 5.14. The molecule has 27 heavy (non-hydrogen) atoms. The van der Waals surface area contributed by atoms with Gasteiger partial charge in [0.1, 0.15) is 0 Å². The lowest BCUT2D eigenvalue weighted by Crippen LogP contribution is -2.14. The number of nitrogens with zero attached hydrogens (tertiary/aromatic N) is 1. The number of carbonyl (C=O) groups excluding carboxylic acids is 1. The monoisotopic (exact) mass is 367 g/mol. The first-order valence-corrected chi connectivity index (χ1v) is 8.31. The summed E-state index contributed by atoms with van der Waals surface area (Å²) in [6, 6.07) is 9.03. The van der Waals surface area contributed by atoms with Crippen LogP contribution in [-0.2, 0) is 6.61 Å². The maximum atomic E-state index is 12.0. The lowest BCUT2D eigenvalue weighted by Gasteiger charge is -2.17. The number of aromatic nitrogens is 1. The normalized spacial score (nSPS) is 10.7. The van der Waals surface area contributed by atoms with Gasteiger partial charge in [0.2, 0.25) is 0 Å². The number of nitrogens with two attached hydrogens (primary N) is 1. The van der Waals surface area contributed by atoms with E-state index in [1.165, 1.54) is 13.3 Å². The van der Waals surface area contributed by atoms with Gasteiger partial charge in [-0.2, -0.15) is 0 Å². The van der Waals surface area contributed by atoms with Crippen molar-refractivity contribution in [3.63, 3.8) is 0 Å². The summed E-state index contributed by atoms with van der Waals surface area (Å²) in [6.07, 6.45) is 1.43. The van der Waals surface area contributed by atoms with Crippen LogP contribution in [0, 0.1) is 6.92 Å². The summed E-state index contributed by atoms with van der Waals surface area (Å²) in [5.41, 5.74) is 9.38. The van der Waals surface area contributed by atoms with E-state index in [9.17, 15) is 9.90 Å². The van der Waals surface area contributed by atoms with E-state index in [2.05, 4.69) is 10.3 Å². The van der Waals surface area contributed by atoms with Gasteiger partial charge in [-0.3, -0.25) is 9.78 Å². The zero-order valence-electron chi connectivity index (χ0n) is 15.4. The third kappa shape index (κ3) is 3.37. The average Bonchev–Trinajstić information content (AvgIpc) is 2.68. The summed E-state index contributed by atoms with van der Waals surface area (Å²) in [6.45, 7) is 1.82. The Labute approximate surface area is 156 Å². The Morgan fingerprint density at radius 2 is 1.93 bits per heavy atom. The topological polar surface area (TPSA) is 107 Å². The van der Waals surface area contributed by atoms with Crippen molar-refractivity contribution in [1.29, 1.82) is 0 Å². The van der Waals surface area contributed by atoms with Crippen molar-refractivity contribution in [3.05, 3.63) is 53.2 Å². The molecular weight excluding hydrogens is 346 g/mol. The van der Waals surface area contributed by atoms with Crippen LogP contribution in [-0.4, -0.2) is 30.2 Å². The number of amides is 1. The van der Waals surface area contributed by atoms with Gasteiger partial charge in [0.05, 0.1) is 37.6 Å². The number of aliphatic hydroxyl groups excluding tert-OH is 1. The van der Waals surface area contributed by atoms with Gasteiger partial charge >= 0.3 is 0 Å². The Hall–Kier alpha value is -3.32. The van der Waals surface area contributed by atoms with Crippen LogP contribution in [0.2, 0.25) is 0 Å². The molecule has 140 valence electrons. The second-order valence-corrected chi connectivity index (χ2v) is 6.01. The molecule has 0 spiro atoms. The second kappa shape index (κ2) is 7.51. The van der Waals surface area contributed by atoms with E-state index in [0.29, 0.717) is 28.1 Å². The molecule has 0 radical (unpaired) electrons. The van der Waals surface area contributed by atoms with Crippen LogP contribution in [0.15, 0.2) is 36.5 Å². The second-order valence-electron chi connectivity index (χ2n) is 6.01. The van der Waals surface area contributed by atoms with E-state index in [0.717, 1.165) is 16.8 Å². The van der Waals surface area contributed by atoms with Crippen molar-refractivity contribution in [3.8, 4) is 11.5 Å². The molecule has 2 aromatic carbocycles. The van der Waals surface area contributed by atoms with Crippen LogP contribution in [0.25, 0.3) is 10.9 Å². The van der Waals surface area contributed by atoms with Gasteiger partial charge in [-0.25, -0.2) is 0 Å². The lowest BCUT2D eigenvalue weighted by atomic mass is 10.0. The fourth-order valence-electron chi connectivity index (χ4n) is 2.97. The van der Waals surface area contributed by atoms with Gasteiger partial charge in [0.15, 0.2) is 11.5 Å². The van der Waals surface area contributed by atoms with Crippen LogP contribution < -0.4 is 20.5 Å². The maximum absolute atomic E-state index is 12.0. The molecule has 4 N–H and O–H groups in total. The highest BCUT2D eigenvalue weighted by Gasteiger charge is 2.17. The van der Waals surface area contributed by atoms with Crippen molar-refractivity contribution in [2.75, 3.05) is 19.5 Å². The molecule has 7 nitrogen and oxygen atoms in total. The molecule has 0 saturated heterocycles. The Balaban J connectivity index is 2.25. The highest BCUT2D eigenvalue weighted by molar-refractivity contribution is 6.08. The Morgan fingerprint density at radius 3 is 2.56 bits per heavy atom. The van der Waals surface area contributed by atoms with Gasteiger partial charge in [-0.05, 0) is 30.2 Å². The number of fused-ring (bicyclic) bond motifs is 1. The minimum Gasteiger partial charge on any atom is -0.493 e. The predicted molar refractivity (Wildman–Crippen MR) is 104 cm³/mol. The van der Waals surface area contributed by atoms with Crippen LogP contribution in [0.1, 0.15) is 21.5 Å². The van der Waals surface area contributed by atoms with E-state index in [-0.39, 0.29) is 12.2 Å². The summed E-state index contributed by atoms with van der Waals surface area (Å²) in [4.78, 5) is 16.3. The number of pyridine rings is 1. The molecule has 0 unspecified atom stereocenters. The molecule has 0 saturated carbocycles. The molecule has 7 heteroatoms. The van der Waals surface area contributed by atoms with E-state index in [1.807, 2.05) is 25.1 Å². The lowest BCUT2D eigenvalue weighted by molar-refractivity contribution is 0.100. The van der Waals surface area contributed by atoms with Crippen LogP contribution in [0.5, 0.6) is 11.5 Å². The van der Waals surface area contributed by atoms with Gasteiger partial charge in [0, 0.05) is 23.3 Å². The zero-order valence-corrected chi connectivity index (χ0v) is 15.4. The van der Waals surface area contributed by atoms with E-state index in [1.54, 1.807) is 19.2 Å². The molecule has 3 aromatic rings. The van der Waals surface area contributed by atoms with Crippen molar-refractivity contribution >= 4 is 28.2 Å².